The molecule has 0 aliphatic rings. The average Bonchev–Trinajstić information content (AvgIpc) is 2.15. The Morgan fingerprint density at radius 2 is 2.20 bits per heavy atom. The van der Waals surface area contributed by atoms with E-state index in [4.69, 9.17) is 9.84 Å². The predicted octanol–water partition coefficient (Wildman–Crippen LogP) is 2.64. The van der Waals surface area contributed by atoms with Crippen molar-refractivity contribution in [1.82, 2.24) is 0 Å². The lowest BCUT2D eigenvalue weighted by Gasteiger charge is -2.09. The summed E-state index contributed by atoms with van der Waals surface area (Å²) in [6.45, 7) is -0.255. The van der Waals surface area contributed by atoms with Gasteiger partial charge in [-0.05, 0) is 28.1 Å². The Labute approximate surface area is 95.0 Å². The fourth-order valence-electron chi connectivity index (χ4n) is 0.990. The number of hydrogen-bond acceptors (Lipinski definition) is 2. The molecule has 1 aromatic carbocycles. The molecule has 0 saturated carbocycles. The zero-order valence-corrected chi connectivity index (χ0v) is 9.41. The highest BCUT2D eigenvalue weighted by Gasteiger charge is 2.12. The van der Waals surface area contributed by atoms with Crippen LogP contribution in [0.5, 0.6) is 5.75 Å². The van der Waals surface area contributed by atoms with E-state index in [-0.39, 0.29) is 6.61 Å². The van der Waals surface area contributed by atoms with Gasteiger partial charge in [-0.3, -0.25) is 4.79 Å². The maximum absolute atomic E-state index is 12.9. The lowest BCUT2D eigenvalue weighted by Crippen LogP contribution is -2.17. The van der Waals surface area contributed by atoms with Gasteiger partial charge in [-0.15, -0.1) is 0 Å². The number of rotatable bonds is 5. The normalized spacial score (nSPS) is 12.1. The zero-order valence-electron chi connectivity index (χ0n) is 7.82. The SMILES string of the molecule is O=C(O)CC(F)COc1ccccc1Br. The van der Waals surface area contributed by atoms with Crippen LogP contribution in [0.1, 0.15) is 6.42 Å². The van der Waals surface area contributed by atoms with Crippen molar-refractivity contribution in [1.29, 1.82) is 0 Å². The van der Waals surface area contributed by atoms with E-state index in [2.05, 4.69) is 15.9 Å². The maximum Gasteiger partial charge on any atom is 0.306 e. The number of para-hydroxylation sites is 1. The van der Waals surface area contributed by atoms with Crippen molar-refractivity contribution < 1.29 is 19.0 Å². The summed E-state index contributed by atoms with van der Waals surface area (Å²) in [5.41, 5.74) is 0. The van der Waals surface area contributed by atoms with E-state index in [1.807, 2.05) is 0 Å². The average molecular weight is 277 g/mol. The van der Waals surface area contributed by atoms with Crippen LogP contribution in [0.4, 0.5) is 4.39 Å². The Bertz CT molecular complexity index is 343. The molecule has 82 valence electrons. The first-order valence-electron chi connectivity index (χ1n) is 4.33. The number of hydrogen-bond donors (Lipinski definition) is 1. The lowest BCUT2D eigenvalue weighted by atomic mass is 10.3. The summed E-state index contributed by atoms with van der Waals surface area (Å²) in [5.74, 6) is -0.663. The molecule has 1 N–H and O–H groups in total. The molecule has 0 spiro atoms. The summed E-state index contributed by atoms with van der Waals surface area (Å²) in [5, 5.41) is 8.33. The van der Waals surface area contributed by atoms with E-state index in [0.29, 0.717) is 10.2 Å². The monoisotopic (exact) mass is 276 g/mol. The molecule has 0 aromatic heterocycles. The van der Waals surface area contributed by atoms with Crippen molar-refractivity contribution in [3.05, 3.63) is 28.7 Å². The third-order valence-corrected chi connectivity index (χ3v) is 2.31. The summed E-state index contributed by atoms with van der Waals surface area (Å²) in [6, 6.07) is 7.00. The van der Waals surface area contributed by atoms with Crippen LogP contribution in [0.25, 0.3) is 0 Å². The number of carboxylic acids is 1. The number of halogens is 2. The minimum atomic E-state index is -1.49. The summed E-state index contributed by atoms with van der Waals surface area (Å²) in [7, 11) is 0. The van der Waals surface area contributed by atoms with Crippen LogP contribution in [0.2, 0.25) is 0 Å². The number of carboxylic acid groups (broad SMARTS) is 1. The van der Waals surface area contributed by atoms with Gasteiger partial charge in [0.15, 0.2) is 0 Å². The quantitative estimate of drug-likeness (QED) is 0.900. The smallest absolute Gasteiger partial charge is 0.306 e. The first-order chi connectivity index (χ1) is 7.09. The van der Waals surface area contributed by atoms with Crippen LogP contribution < -0.4 is 4.74 Å². The summed E-state index contributed by atoms with van der Waals surface area (Å²) in [4.78, 5) is 10.2. The van der Waals surface area contributed by atoms with Crippen molar-refractivity contribution >= 4 is 21.9 Å². The van der Waals surface area contributed by atoms with Crippen LogP contribution in [0.15, 0.2) is 28.7 Å². The van der Waals surface area contributed by atoms with Gasteiger partial charge in [0.05, 0.1) is 10.9 Å². The van der Waals surface area contributed by atoms with Gasteiger partial charge in [0.1, 0.15) is 18.5 Å². The van der Waals surface area contributed by atoms with E-state index in [0.717, 1.165) is 0 Å². The second-order valence-electron chi connectivity index (χ2n) is 2.94. The molecule has 15 heavy (non-hydrogen) atoms. The van der Waals surface area contributed by atoms with E-state index < -0.39 is 18.6 Å². The molecule has 1 aromatic rings. The third-order valence-electron chi connectivity index (χ3n) is 1.65. The number of aliphatic carboxylic acids is 1. The van der Waals surface area contributed by atoms with Gasteiger partial charge in [0, 0.05) is 0 Å². The zero-order chi connectivity index (χ0) is 11.3. The van der Waals surface area contributed by atoms with Crippen molar-refractivity contribution in [2.24, 2.45) is 0 Å². The number of benzene rings is 1. The minimum Gasteiger partial charge on any atom is -0.489 e. The van der Waals surface area contributed by atoms with Gasteiger partial charge in [0.25, 0.3) is 0 Å². The first kappa shape index (κ1) is 12.0. The molecule has 0 bridgehead atoms. The van der Waals surface area contributed by atoms with Crippen LogP contribution in [0.3, 0.4) is 0 Å². The second-order valence-corrected chi connectivity index (χ2v) is 3.79. The highest BCUT2D eigenvalue weighted by molar-refractivity contribution is 9.10. The molecule has 5 heteroatoms. The van der Waals surface area contributed by atoms with Crippen molar-refractivity contribution in [3.63, 3.8) is 0 Å². The van der Waals surface area contributed by atoms with Gasteiger partial charge in [-0.1, -0.05) is 12.1 Å². The molecule has 1 atom stereocenters. The van der Waals surface area contributed by atoms with Crippen LogP contribution in [-0.2, 0) is 4.79 Å². The van der Waals surface area contributed by atoms with Crippen molar-refractivity contribution in [2.45, 2.75) is 12.6 Å². The lowest BCUT2D eigenvalue weighted by molar-refractivity contribution is -0.138. The van der Waals surface area contributed by atoms with Crippen LogP contribution in [0, 0.1) is 0 Å². The summed E-state index contributed by atoms with van der Waals surface area (Å²) >= 11 is 3.23. The largest absolute Gasteiger partial charge is 0.489 e. The van der Waals surface area contributed by atoms with Gasteiger partial charge in [-0.25, -0.2) is 4.39 Å². The maximum atomic E-state index is 12.9. The molecule has 1 unspecified atom stereocenters. The molecule has 3 nitrogen and oxygen atoms in total. The Kier molecular flexibility index (Phi) is 4.55. The van der Waals surface area contributed by atoms with Gasteiger partial charge >= 0.3 is 5.97 Å². The molecule has 0 aliphatic heterocycles. The Morgan fingerprint density at radius 3 is 2.80 bits per heavy atom. The van der Waals surface area contributed by atoms with Gasteiger partial charge < -0.3 is 9.84 Å². The Balaban J connectivity index is 2.43. The van der Waals surface area contributed by atoms with Crippen LogP contribution in [-0.4, -0.2) is 23.9 Å². The fraction of sp³-hybridized carbons (Fsp3) is 0.300. The standard InChI is InChI=1S/C10H10BrFO3/c11-8-3-1-2-4-9(8)15-6-7(12)5-10(13)14/h1-4,7H,5-6H2,(H,13,14). The minimum absolute atomic E-state index is 0.255. The van der Waals surface area contributed by atoms with E-state index >= 15 is 0 Å². The third kappa shape index (κ3) is 4.29. The van der Waals surface area contributed by atoms with Gasteiger partial charge in [-0.2, -0.15) is 0 Å². The molecule has 0 aliphatic carbocycles. The second kappa shape index (κ2) is 5.70. The Morgan fingerprint density at radius 1 is 1.53 bits per heavy atom. The molecule has 0 radical (unpaired) electrons. The highest BCUT2D eigenvalue weighted by atomic mass is 79.9. The van der Waals surface area contributed by atoms with E-state index in [9.17, 15) is 9.18 Å². The summed E-state index contributed by atoms with van der Waals surface area (Å²) < 4.78 is 18.8. The molecular weight excluding hydrogens is 267 g/mol. The fourth-order valence-corrected chi connectivity index (χ4v) is 1.39. The summed E-state index contributed by atoms with van der Waals surface area (Å²) in [6.07, 6.45) is -2.03. The van der Waals surface area contributed by atoms with E-state index in [1.54, 1.807) is 24.3 Å². The number of ether oxygens (including phenoxy) is 1. The predicted molar refractivity (Wildman–Crippen MR) is 56.8 cm³/mol. The van der Waals surface area contributed by atoms with E-state index in [1.165, 1.54) is 0 Å². The van der Waals surface area contributed by atoms with Crippen LogP contribution >= 0.6 is 15.9 Å². The van der Waals surface area contributed by atoms with Crippen molar-refractivity contribution in [3.8, 4) is 5.75 Å². The molecule has 0 fully saturated rings. The number of alkyl halides is 1. The molecule has 0 saturated heterocycles. The topological polar surface area (TPSA) is 46.5 Å². The molecule has 1 rings (SSSR count). The molecule has 0 heterocycles. The van der Waals surface area contributed by atoms with Crippen molar-refractivity contribution in [2.75, 3.05) is 6.61 Å². The highest BCUT2D eigenvalue weighted by Crippen LogP contribution is 2.24. The number of carbonyl (C=O) groups is 1. The molecule has 0 amide bonds. The Hall–Kier alpha value is -1.10. The first-order valence-corrected chi connectivity index (χ1v) is 5.12. The molecular formula is C10H10BrFO3. The van der Waals surface area contributed by atoms with Gasteiger partial charge in [0.2, 0.25) is 0 Å².